The number of hydrogen-bond acceptors (Lipinski definition) is 4. The molecule has 1 fully saturated rings. The molecule has 0 saturated heterocycles. The molecular weight excluding hydrogens is 380 g/mol. The number of allylic oxidation sites excluding steroid dienone is 1. The standard InChI is InChI=1S/C23H24N4OS/c1-3-13-27-22(19-14-18(19)17-10-5-4-6-11-17)25-26-23(27)29-15-21(28)24-20-12-8-7-9-16(20)2/h3-12,18-19H,1,13-15H2,2H3,(H,24,28). The number of benzene rings is 2. The Hall–Kier alpha value is -2.86. The maximum absolute atomic E-state index is 12.4. The number of hydrogen-bond donors (Lipinski definition) is 1. The van der Waals surface area contributed by atoms with Crippen LogP contribution in [0.3, 0.4) is 0 Å². The first-order valence-electron chi connectivity index (χ1n) is 9.74. The minimum absolute atomic E-state index is 0.0485. The second-order valence-corrected chi connectivity index (χ2v) is 8.19. The first-order valence-corrected chi connectivity index (χ1v) is 10.7. The van der Waals surface area contributed by atoms with Crippen molar-refractivity contribution in [3.05, 3.63) is 84.2 Å². The smallest absolute Gasteiger partial charge is 0.234 e. The Morgan fingerprint density at radius 1 is 1.17 bits per heavy atom. The number of nitrogens with zero attached hydrogens (tertiary/aromatic N) is 3. The van der Waals surface area contributed by atoms with Gasteiger partial charge in [-0.3, -0.25) is 4.79 Å². The highest BCUT2D eigenvalue weighted by Crippen LogP contribution is 2.54. The van der Waals surface area contributed by atoms with Gasteiger partial charge in [-0.15, -0.1) is 16.8 Å². The molecule has 0 spiro atoms. The zero-order valence-corrected chi connectivity index (χ0v) is 17.2. The number of carbonyl (C=O) groups is 1. The highest BCUT2D eigenvalue weighted by molar-refractivity contribution is 7.99. The Balaban J connectivity index is 1.43. The van der Waals surface area contributed by atoms with E-state index in [0.29, 0.717) is 18.4 Å². The molecule has 2 unspecified atom stereocenters. The van der Waals surface area contributed by atoms with E-state index < -0.39 is 0 Å². The number of thioether (sulfide) groups is 1. The molecule has 1 aromatic heterocycles. The number of anilines is 1. The van der Waals surface area contributed by atoms with Crippen molar-refractivity contribution in [3.8, 4) is 0 Å². The summed E-state index contributed by atoms with van der Waals surface area (Å²) >= 11 is 1.41. The highest BCUT2D eigenvalue weighted by Gasteiger charge is 2.43. The molecule has 2 atom stereocenters. The summed E-state index contributed by atoms with van der Waals surface area (Å²) in [7, 11) is 0. The average Bonchev–Trinajstić information content (AvgIpc) is 3.44. The van der Waals surface area contributed by atoms with Gasteiger partial charge in [0.1, 0.15) is 5.82 Å². The van der Waals surface area contributed by atoms with Gasteiger partial charge in [-0.1, -0.05) is 66.4 Å². The lowest BCUT2D eigenvalue weighted by Crippen LogP contribution is -2.15. The third-order valence-electron chi connectivity index (χ3n) is 5.16. The fourth-order valence-corrected chi connectivity index (χ4v) is 4.32. The molecular formula is C23H24N4OS. The van der Waals surface area contributed by atoms with Crippen molar-refractivity contribution in [1.82, 2.24) is 14.8 Å². The van der Waals surface area contributed by atoms with Gasteiger partial charge in [0.15, 0.2) is 5.16 Å². The van der Waals surface area contributed by atoms with Crippen molar-refractivity contribution in [1.29, 1.82) is 0 Å². The Bertz CT molecular complexity index is 1010. The summed E-state index contributed by atoms with van der Waals surface area (Å²) in [6, 6.07) is 18.3. The first-order chi connectivity index (χ1) is 14.2. The second kappa shape index (κ2) is 8.66. The molecule has 4 rings (SSSR count). The predicted octanol–water partition coefficient (Wildman–Crippen LogP) is 4.77. The Morgan fingerprint density at radius 2 is 1.93 bits per heavy atom. The van der Waals surface area contributed by atoms with E-state index in [9.17, 15) is 4.79 Å². The molecule has 2 aromatic carbocycles. The van der Waals surface area contributed by atoms with Gasteiger partial charge in [-0.2, -0.15) is 0 Å². The third-order valence-corrected chi connectivity index (χ3v) is 6.13. The van der Waals surface area contributed by atoms with Crippen molar-refractivity contribution in [3.63, 3.8) is 0 Å². The Morgan fingerprint density at radius 3 is 2.69 bits per heavy atom. The van der Waals surface area contributed by atoms with Gasteiger partial charge in [0, 0.05) is 18.2 Å². The predicted molar refractivity (Wildman–Crippen MR) is 117 cm³/mol. The molecule has 1 N–H and O–H groups in total. The van der Waals surface area contributed by atoms with Gasteiger partial charge in [0.25, 0.3) is 0 Å². The van der Waals surface area contributed by atoms with E-state index in [1.165, 1.54) is 17.3 Å². The van der Waals surface area contributed by atoms with E-state index in [1.54, 1.807) is 0 Å². The van der Waals surface area contributed by atoms with Gasteiger partial charge in [-0.25, -0.2) is 0 Å². The van der Waals surface area contributed by atoms with Crippen molar-refractivity contribution in [2.45, 2.75) is 36.9 Å². The fourth-order valence-electron chi connectivity index (χ4n) is 3.56. The number of para-hydroxylation sites is 1. The highest BCUT2D eigenvalue weighted by atomic mass is 32.2. The first kappa shape index (κ1) is 19.5. The van der Waals surface area contributed by atoms with E-state index in [2.05, 4.69) is 50.9 Å². The number of aromatic nitrogens is 3. The lowest BCUT2D eigenvalue weighted by molar-refractivity contribution is -0.113. The van der Waals surface area contributed by atoms with Gasteiger partial charge < -0.3 is 9.88 Å². The fraction of sp³-hybridized carbons (Fsp3) is 0.261. The molecule has 0 aliphatic heterocycles. The maximum Gasteiger partial charge on any atom is 0.234 e. The van der Waals surface area contributed by atoms with Gasteiger partial charge >= 0.3 is 0 Å². The van der Waals surface area contributed by atoms with Gasteiger partial charge in [0.05, 0.1) is 5.75 Å². The zero-order chi connectivity index (χ0) is 20.2. The number of amides is 1. The van der Waals surface area contributed by atoms with Crippen LogP contribution >= 0.6 is 11.8 Å². The SMILES string of the molecule is C=CCn1c(SCC(=O)Nc2ccccc2C)nnc1C1CC1c1ccccc1. The molecule has 6 heteroatoms. The molecule has 148 valence electrons. The van der Waals surface area contributed by atoms with Crippen LogP contribution in [0.1, 0.15) is 35.2 Å². The molecule has 1 aliphatic rings. The van der Waals surface area contributed by atoms with Crippen LogP contribution in [-0.2, 0) is 11.3 Å². The quantitative estimate of drug-likeness (QED) is 0.434. The van der Waals surface area contributed by atoms with Crippen molar-refractivity contribution >= 4 is 23.4 Å². The van der Waals surface area contributed by atoms with Crippen LogP contribution in [0.4, 0.5) is 5.69 Å². The van der Waals surface area contributed by atoms with Crippen molar-refractivity contribution in [2.75, 3.05) is 11.1 Å². The molecule has 1 heterocycles. The van der Waals surface area contributed by atoms with E-state index in [4.69, 9.17) is 0 Å². The molecule has 5 nitrogen and oxygen atoms in total. The number of aryl methyl sites for hydroxylation is 1. The molecule has 3 aromatic rings. The summed E-state index contributed by atoms with van der Waals surface area (Å²) in [6.07, 6.45) is 2.93. The largest absolute Gasteiger partial charge is 0.325 e. The lowest BCUT2D eigenvalue weighted by atomic mass is 10.1. The molecule has 0 bridgehead atoms. The van der Waals surface area contributed by atoms with Crippen LogP contribution in [-0.4, -0.2) is 26.4 Å². The van der Waals surface area contributed by atoms with E-state index in [-0.39, 0.29) is 11.7 Å². The third kappa shape index (κ3) is 4.43. The molecule has 1 saturated carbocycles. The van der Waals surface area contributed by atoms with Gasteiger partial charge in [0.2, 0.25) is 5.91 Å². The minimum atomic E-state index is -0.0485. The van der Waals surface area contributed by atoms with Gasteiger partial charge in [-0.05, 0) is 36.5 Å². The molecule has 0 radical (unpaired) electrons. The van der Waals surface area contributed by atoms with Crippen LogP contribution in [0, 0.1) is 6.92 Å². The summed E-state index contributed by atoms with van der Waals surface area (Å²) in [5, 5.41) is 12.6. The number of rotatable bonds is 8. The second-order valence-electron chi connectivity index (χ2n) is 7.25. The maximum atomic E-state index is 12.4. The van der Waals surface area contributed by atoms with Crippen molar-refractivity contribution < 1.29 is 4.79 Å². The Kier molecular flexibility index (Phi) is 5.81. The minimum Gasteiger partial charge on any atom is -0.325 e. The summed E-state index contributed by atoms with van der Waals surface area (Å²) in [4.78, 5) is 12.4. The van der Waals surface area contributed by atoms with Crippen LogP contribution in [0.5, 0.6) is 0 Å². The topological polar surface area (TPSA) is 59.8 Å². The van der Waals surface area contributed by atoms with E-state index >= 15 is 0 Å². The van der Waals surface area contributed by atoms with Crippen LogP contribution < -0.4 is 5.32 Å². The van der Waals surface area contributed by atoms with Crippen LogP contribution in [0.2, 0.25) is 0 Å². The van der Waals surface area contributed by atoms with Crippen LogP contribution in [0.15, 0.2) is 72.4 Å². The molecule has 1 aliphatic carbocycles. The normalized spacial score (nSPS) is 17.7. The van der Waals surface area contributed by atoms with E-state index in [0.717, 1.165) is 28.7 Å². The summed E-state index contributed by atoms with van der Waals surface area (Å²) in [5.74, 6) is 2.09. The van der Waals surface area contributed by atoms with Crippen LogP contribution in [0.25, 0.3) is 0 Å². The monoisotopic (exact) mass is 404 g/mol. The lowest BCUT2D eigenvalue weighted by Gasteiger charge is -2.09. The summed E-state index contributed by atoms with van der Waals surface area (Å²) in [6.45, 7) is 6.49. The number of carbonyl (C=O) groups excluding carboxylic acids is 1. The molecule has 1 amide bonds. The number of nitrogens with one attached hydrogen (secondary N) is 1. The summed E-state index contributed by atoms with van der Waals surface area (Å²) in [5.41, 5.74) is 3.23. The van der Waals surface area contributed by atoms with Crippen molar-refractivity contribution in [2.24, 2.45) is 0 Å². The van der Waals surface area contributed by atoms with E-state index in [1.807, 2.05) is 43.3 Å². The summed E-state index contributed by atoms with van der Waals surface area (Å²) < 4.78 is 2.09. The zero-order valence-electron chi connectivity index (χ0n) is 16.4. The molecule has 29 heavy (non-hydrogen) atoms. The Labute approximate surface area is 175 Å². The average molecular weight is 405 g/mol.